The van der Waals surface area contributed by atoms with Crippen molar-refractivity contribution in [1.29, 1.82) is 0 Å². The Balaban J connectivity index is 0.000000152. The van der Waals surface area contributed by atoms with Gasteiger partial charge in [-0.15, -0.1) is 0 Å². The Morgan fingerprint density at radius 1 is 0.667 bits per heavy atom. The largest absolute Gasteiger partial charge is 0.497 e. The van der Waals surface area contributed by atoms with Crippen molar-refractivity contribution in [2.75, 3.05) is 20.2 Å². The van der Waals surface area contributed by atoms with Gasteiger partial charge in [0.25, 0.3) is 11.8 Å². The van der Waals surface area contributed by atoms with Crippen LogP contribution in [-0.2, 0) is 13.1 Å². The number of hydrogen-bond acceptors (Lipinski definition) is 3. The van der Waals surface area contributed by atoms with Crippen molar-refractivity contribution in [3.05, 3.63) is 113 Å². The first kappa shape index (κ1) is 31.0. The summed E-state index contributed by atoms with van der Waals surface area (Å²) in [6, 6.07) is 17.5. The molecule has 8 rings (SSSR count). The van der Waals surface area contributed by atoms with E-state index in [1.54, 1.807) is 46.6 Å². The van der Waals surface area contributed by atoms with Crippen molar-refractivity contribution in [3.8, 4) is 28.0 Å². The minimum Gasteiger partial charge on any atom is -0.497 e. The van der Waals surface area contributed by atoms with Crippen LogP contribution in [0.5, 0.6) is 5.75 Å². The average molecular weight is 659 g/mol. The number of nitrogens with one attached hydrogen (secondary N) is 2. The van der Waals surface area contributed by atoms with Gasteiger partial charge in [-0.05, 0) is 66.1 Å². The lowest BCUT2D eigenvalue weighted by Crippen LogP contribution is -2.34. The Labute approximate surface area is 270 Å². The fourth-order valence-corrected chi connectivity index (χ4v) is 6.39. The number of amides is 2. The standard InChI is InChI=1S/C19H16F2N2O2.C17H11F3N2O/c1-25-12-5-3-11(4-6-12)13-9-15(20)17(21)14-10-16-19(24)22-7-2-8-23(16)18(13)14;18-11-3-1-9(2-4-11)14-15(20)12(19)7-10-8-13-17(23)21-5-6-22(13)16(10)14/h3-6,9-10H,2,7-8H2,1H3,(H,22,24);1-4,7-8H,5-6H2,(H,21,23). The third-order valence-electron chi connectivity index (χ3n) is 8.61. The minimum absolute atomic E-state index is 0.0425. The second-order valence-corrected chi connectivity index (χ2v) is 11.4. The quantitative estimate of drug-likeness (QED) is 0.198. The van der Waals surface area contributed by atoms with Crippen LogP contribution < -0.4 is 15.4 Å². The molecule has 0 aliphatic carbocycles. The zero-order valence-electron chi connectivity index (χ0n) is 25.5. The molecular weight excluding hydrogens is 631 g/mol. The molecule has 2 aliphatic heterocycles. The van der Waals surface area contributed by atoms with Gasteiger partial charge in [-0.1, -0.05) is 24.3 Å². The smallest absolute Gasteiger partial charge is 0.268 e. The van der Waals surface area contributed by atoms with E-state index in [-0.39, 0.29) is 22.8 Å². The Hall–Kier alpha value is -5.65. The first-order valence-electron chi connectivity index (χ1n) is 15.2. The van der Waals surface area contributed by atoms with Gasteiger partial charge in [-0.25, -0.2) is 22.0 Å². The molecule has 0 spiro atoms. The van der Waals surface area contributed by atoms with Crippen LogP contribution in [0.4, 0.5) is 22.0 Å². The predicted molar refractivity (Wildman–Crippen MR) is 170 cm³/mol. The zero-order valence-corrected chi connectivity index (χ0v) is 25.5. The predicted octanol–water partition coefficient (Wildman–Crippen LogP) is 7.20. The molecule has 0 saturated carbocycles. The number of hydrogen-bond donors (Lipinski definition) is 2. The topological polar surface area (TPSA) is 77.3 Å². The third kappa shape index (κ3) is 5.23. The van der Waals surface area contributed by atoms with Crippen LogP contribution in [0.3, 0.4) is 0 Å². The van der Waals surface area contributed by atoms with Crippen LogP contribution in [0, 0.1) is 29.1 Å². The number of nitrogens with zero attached hydrogens (tertiary/aromatic N) is 2. The fraction of sp³-hybridized carbons (Fsp3) is 0.167. The molecular formula is C36H27F5N4O3. The van der Waals surface area contributed by atoms with Crippen molar-refractivity contribution < 1.29 is 36.3 Å². The van der Waals surface area contributed by atoms with Crippen molar-refractivity contribution in [1.82, 2.24) is 19.8 Å². The maximum absolute atomic E-state index is 14.5. The molecule has 2 aliphatic rings. The first-order valence-corrected chi connectivity index (χ1v) is 15.2. The number of benzene rings is 4. The second kappa shape index (κ2) is 12.2. The van der Waals surface area contributed by atoms with Gasteiger partial charge >= 0.3 is 0 Å². The summed E-state index contributed by atoms with van der Waals surface area (Å²) in [5.74, 6) is -4.20. The highest BCUT2D eigenvalue weighted by Crippen LogP contribution is 2.37. The highest BCUT2D eigenvalue weighted by molar-refractivity contribution is 6.05. The summed E-state index contributed by atoms with van der Waals surface area (Å²) >= 11 is 0. The van der Waals surface area contributed by atoms with Gasteiger partial charge in [0, 0.05) is 48.1 Å². The molecule has 2 N–H and O–H groups in total. The number of carbonyl (C=O) groups is 2. The van der Waals surface area contributed by atoms with Crippen LogP contribution in [0.15, 0.2) is 72.8 Å². The Bertz CT molecular complexity index is 2240. The van der Waals surface area contributed by atoms with Gasteiger partial charge in [-0.2, -0.15) is 0 Å². The fourth-order valence-electron chi connectivity index (χ4n) is 6.39. The van der Waals surface area contributed by atoms with Crippen LogP contribution in [-0.4, -0.2) is 41.1 Å². The number of aromatic nitrogens is 2. The highest BCUT2D eigenvalue weighted by atomic mass is 19.2. The van der Waals surface area contributed by atoms with Crippen molar-refractivity contribution in [3.63, 3.8) is 0 Å². The van der Waals surface area contributed by atoms with Crippen molar-refractivity contribution in [2.45, 2.75) is 19.5 Å². The van der Waals surface area contributed by atoms with Gasteiger partial charge < -0.3 is 24.5 Å². The van der Waals surface area contributed by atoms with E-state index in [9.17, 15) is 31.5 Å². The van der Waals surface area contributed by atoms with E-state index in [1.165, 1.54) is 36.4 Å². The Morgan fingerprint density at radius 2 is 1.29 bits per heavy atom. The van der Waals surface area contributed by atoms with Crippen LogP contribution in [0.2, 0.25) is 0 Å². The third-order valence-corrected chi connectivity index (χ3v) is 8.61. The SMILES string of the molecule is COc1ccc(-c2cc(F)c(F)c3cc4n(c23)CCCNC4=O)cc1.O=C1NCCn2c1cc1cc(F)c(F)c(-c3ccc(F)cc3)c12. The molecule has 6 aromatic rings. The van der Waals surface area contributed by atoms with Gasteiger partial charge in [0.2, 0.25) is 0 Å². The number of methoxy groups -OCH3 is 1. The van der Waals surface area contributed by atoms with E-state index in [0.717, 1.165) is 18.1 Å². The van der Waals surface area contributed by atoms with Gasteiger partial charge in [0.05, 0.1) is 18.1 Å². The first-order chi connectivity index (χ1) is 23.2. The monoisotopic (exact) mass is 658 g/mol. The summed E-state index contributed by atoms with van der Waals surface area (Å²) in [5, 5.41) is 6.04. The molecule has 0 saturated heterocycles. The van der Waals surface area contributed by atoms with E-state index in [4.69, 9.17) is 4.74 Å². The summed E-state index contributed by atoms with van der Waals surface area (Å²) in [4.78, 5) is 24.2. The molecule has 2 amide bonds. The summed E-state index contributed by atoms with van der Waals surface area (Å²) < 4.78 is 78.8. The molecule has 0 fully saturated rings. The summed E-state index contributed by atoms with van der Waals surface area (Å²) in [6.45, 7) is 2.00. The number of halogens is 5. The summed E-state index contributed by atoms with van der Waals surface area (Å²) in [6.07, 6.45) is 0.726. The lowest BCUT2D eigenvalue weighted by molar-refractivity contribution is 0.0926. The number of carbonyl (C=O) groups excluding carboxylic acids is 2. The van der Waals surface area contributed by atoms with Gasteiger partial charge in [-0.3, -0.25) is 9.59 Å². The van der Waals surface area contributed by atoms with Crippen LogP contribution in [0.25, 0.3) is 44.1 Å². The molecule has 48 heavy (non-hydrogen) atoms. The summed E-state index contributed by atoms with van der Waals surface area (Å²) in [7, 11) is 1.57. The van der Waals surface area contributed by atoms with Crippen LogP contribution in [0.1, 0.15) is 27.4 Å². The van der Waals surface area contributed by atoms with E-state index >= 15 is 0 Å². The van der Waals surface area contributed by atoms with E-state index < -0.39 is 29.1 Å². The lowest BCUT2D eigenvalue weighted by Gasteiger charge is -2.18. The Kier molecular flexibility index (Phi) is 7.86. The molecule has 0 atom stereocenters. The van der Waals surface area contributed by atoms with Gasteiger partial charge in [0.15, 0.2) is 23.3 Å². The van der Waals surface area contributed by atoms with E-state index in [2.05, 4.69) is 10.6 Å². The molecule has 0 radical (unpaired) electrons. The molecule has 0 unspecified atom stereocenters. The zero-order chi connectivity index (χ0) is 33.7. The maximum atomic E-state index is 14.5. The second-order valence-electron chi connectivity index (χ2n) is 11.4. The lowest BCUT2D eigenvalue weighted by atomic mass is 10.0. The normalized spacial score (nSPS) is 14.0. The number of aryl methyl sites for hydroxylation is 1. The highest BCUT2D eigenvalue weighted by Gasteiger charge is 2.26. The maximum Gasteiger partial charge on any atom is 0.268 e. The number of fused-ring (bicyclic) bond motifs is 6. The average Bonchev–Trinajstić information content (AvgIpc) is 3.60. The van der Waals surface area contributed by atoms with Crippen LogP contribution >= 0.6 is 0 Å². The van der Waals surface area contributed by atoms with Crippen molar-refractivity contribution >= 4 is 33.6 Å². The molecule has 0 bridgehead atoms. The van der Waals surface area contributed by atoms with E-state index in [0.29, 0.717) is 70.9 Å². The number of ether oxygens (including phenoxy) is 1. The van der Waals surface area contributed by atoms with Crippen molar-refractivity contribution in [2.24, 2.45) is 0 Å². The molecule has 244 valence electrons. The molecule has 12 heteroatoms. The molecule has 4 aromatic carbocycles. The summed E-state index contributed by atoms with van der Waals surface area (Å²) in [5.41, 5.74) is 3.39. The minimum atomic E-state index is -1.00. The Morgan fingerprint density at radius 3 is 2.00 bits per heavy atom. The molecule has 2 aromatic heterocycles. The van der Waals surface area contributed by atoms with E-state index in [1.807, 2.05) is 0 Å². The van der Waals surface area contributed by atoms with Gasteiger partial charge in [0.1, 0.15) is 23.0 Å². The molecule has 4 heterocycles. The number of rotatable bonds is 3. The molecule has 7 nitrogen and oxygen atoms in total.